The fourth-order valence-corrected chi connectivity index (χ4v) is 4.52. The molecule has 0 fully saturated rings. The third kappa shape index (κ3) is 5.24. The Balaban J connectivity index is 1.88. The zero-order valence-electron chi connectivity index (χ0n) is 20.2. The molecule has 0 atom stereocenters. The number of fused-ring (bicyclic) bond motifs is 1. The van der Waals surface area contributed by atoms with Crippen LogP contribution < -0.4 is 15.2 Å². The average molecular weight is 563 g/mol. The lowest BCUT2D eigenvalue weighted by Gasteiger charge is -2.11. The molecule has 10 heteroatoms. The van der Waals surface area contributed by atoms with Gasteiger partial charge in [0.1, 0.15) is 11.5 Å². The summed E-state index contributed by atoms with van der Waals surface area (Å²) in [5.74, 6) is -0.703. The number of primary amides is 1. The number of carbonyl (C=O) groups excluding carboxylic acids is 2. The van der Waals surface area contributed by atoms with Crippen LogP contribution in [0.4, 0.5) is 5.69 Å². The monoisotopic (exact) mass is 562 g/mol. The van der Waals surface area contributed by atoms with Crippen LogP contribution in [0.5, 0.6) is 17.4 Å². The first kappa shape index (κ1) is 25.6. The number of ether oxygens (including phenoxy) is 2. The van der Waals surface area contributed by atoms with Crippen molar-refractivity contribution in [3.63, 3.8) is 0 Å². The Labute approximate surface area is 220 Å². The highest BCUT2D eigenvalue weighted by molar-refractivity contribution is 9.10. The minimum atomic E-state index is -0.765. The van der Waals surface area contributed by atoms with E-state index in [9.17, 15) is 14.7 Å². The second-order valence-electron chi connectivity index (χ2n) is 8.05. The molecule has 0 bridgehead atoms. The molecule has 1 heterocycles. The quantitative estimate of drug-likeness (QED) is 0.146. The molecule has 188 valence electrons. The first-order valence-electron chi connectivity index (χ1n) is 11.0. The number of H-pyrrole nitrogens is 1. The summed E-state index contributed by atoms with van der Waals surface area (Å²) in [5, 5.41) is 19.0. The molecular formula is C27H23BrN4O5. The summed E-state index contributed by atoms with van der Waals surface area (Å²) in [4.78, 5) is 28.5. The zero-order valence-corrected chi connectivity index (χ0v) is 21.8. The second-order valence-corrected chi connectivity index (χ2v) is 8.96. The molecule has 3 aromatic carbocycles. The van der Waals surface area contributed by atoms with Gasteiger partial charge in [0, 0.05) is 26.5 Å². The Morgan fingerprint density at radius 3 is 2.46 bits per heavy atom. The Morgan fingerprint density at radius 2 is 1.78 bits per heavy atom. The maximum atomic E-state index is 13.5. The molecule has 0 radical (unpaired) electrons. The van der Waals surface area contributed by atoms with Crippen molar-refractivity contribution in [2.45, 2.75) is 6.92 Å². The van der Waals surface area contributed by atoms with Crippen LogP contribution in [0.25, 0.3) is 22.6 Å². The van der Waals surface area contributed by atoms with Gasteiger partial charge in [0.15, 0.2) is 5.69 Å². The number of methoxy groups -OCH3 is 2. The van der Waals surface area contributed by atoms with E-state index in [-0.39, 0.29) is 28.3 Å². The van der Waals surface area contributed by atoms with Gasteiger partial charge >= 0.3 is 0 Å². The Kier molecular flexibility index (Phi) is 7.40. The fourth-order valence-electron chi connectivity index (χ4n) is 3.95. The van der Waals surface area contributed by atoms with Crippen molar-refractivity contribution in [1.29, 1.82) is 0 Å². The number of nitrogens with one attached hydrogen (secondary N) is 1. The predicted molar refractivity (Wildman–Crippen MR) is 144 cm³/mol. The summed E-state index contributed by atoms with van der Waals surface area (Å²) in [7, 11) is 3.02. The Hall–Kier alpha value is -4.44. The molecule has 0 aliphatic carbocycles. The van der Waals surface area contributed by atoms with Gasteiger partial charge in [-0.15, -0.1) is 10.2 Å². The molecule has 0 aliphatic rings. The number of benzene rings is 3. The van der Waals surface area contributed by atoms with Gasteiger partial charge in [0.05, 0.1) is 25.3 Å². The van der Waals surface area contributed by atoms with E-state index >= 15 is 0 Å². The number of azo groups is 1. The first-order chi connectivity index (χ1) is 17.7. The van der Waals surface area contributed by atoms with Gasteiger partial charge in [-0.3, -0.25) is 9.59 Å². The van der Waals surface area contributed by atoms with E-state index in [1.807, 2.05) is 13.0 Å². The minimum Gasteiger partial charge on any atom is -0.497 e. The zero-order chi connectivity index (χ0) is 26.7. The lowest BCUT2D eigenvalue weighted by atomic mass is 9.96. The fraction of sp³-hybridized carbons (Fsp3) is 0.111. The summed E-state index contributed by atoms with van der Waals surface area (Å²) >= 11 is 3.43. The number of aryl methyl sites for hydroxylation is 1. The van der Waals surface area contributed by atoms with Crippen molar-refractivity contribution in [2.75, 3.05) is 14.2 Å². The van der Waals surface area contributed by atoms with E-state index < -0.39 is 11.8 Å². The van der Waals surface area contributed by atoms with Crippen LogP contribution in [0.1, 0.15) is 27.0 Å². The van der Waals surface area contributed by atoms with Gasteiger partial charge in [-0.1, -0.05) is 34.1 Å². The third-order valence-electron chi connectivity index (χ3n) is 5.71. The molecule has 4 aromatic rings. The van der Waals surface area contributed by atoms with Crippen LogP contribution in [0, 0.1) is 6.92 Å². The lowest BCUT2D eigenvalue weighted by Crippen LogP contribution is -2.14. The number of hydrogen-bond donors (Lipinski definition) is 3. The van der Waals surface area contributed by atoms with Crippen LogP contribution in [-0.4, -0.2) is 36.1 Å². The minimum absolute atomic E-state index is 0.0430. The largest absolute Gasteiger partial charge is 0.497 e. The SMILES string of the molecule is COc1ccc(OC)c(C=C(C(=O)N=Nc2c(O)[nH]c3c(C)cc(Br)cc23)c2ccccc2C(N)=O)c1. The highest BCUT2D eigenvalue weighted by Crippen LogP contribution is 2.39. The number of hydrogen-bond acceptors (Lipinski definition) is 6. The van der Waals surface area contributed by atoms with E-state index in [1.54, 1.807) is 42.5 Å². The van der Waals surface area contributed by atoms with Crippen LogP contribution in [0.2, 0.25) is 0 Å². The highest BCUT2D eigenvalue weighted by Gasteiger charge is 2.20. The topological polar surface area (TPSA) is 139 Å². The highest BCUT2D eigenvalue weighted by atomic mass is 79.9. The summed E-state index contributed by atoms with van der Waals surface area (Å²) in [6.07, 6.45) is 1.53. The van der Waals surface area contributed by atoms with Gasteiger partial charge in [0.2, 0.25) is 11.8 Å². The molecule has 9 nitrogen and oxygen atoms in total. The van der Waals surface area contributed by atoms with Crippen molar-refractivity contribution < 1.29 is 24.2 Å². The van der Waals surface area contributed by atoms with Gasteiger partial charge in [-0.2, -0.15) is 0 Å². The molecule has 0 saturated carbocycles. The van der Waals surface area contributed by atoms with Crippen LogP contribution in [0.15, 0.2) is 69.3 Å². The molecule has 0 spiro atoms. The van der Waals surface area contributed by atoms with E-state index in [2.05, 4.69) is 31.1 Å². The molecule has 37 heavy (non-hydrogen) atoms. The van der Waals surface area contributed by atoms with Gasteiger partial charge < -0.3 is 25.3 Å². The maximum absolute atomic E-state index is 13.5. The standard InChI is InChI=1S/C27H23BrN4O5/c1-14-10-16(28)13-21-23(14)30-27(35)24(21)31-32-26(34)20(18-6-4-5-7-19(18)25(29)33)12-15-11-17(36-2)8-9-22(15)37-3/h4-13,30,35H,1-3H3,(H2,29,33). The summed E-state index contributed by atoms with van der Waals surface area (Å²) < 4.78 is 11.5. The summed E-state index contributed by atoms with van der Waals surface area (Å²) in [6.45, 7) is 1.87. The maximum Gasteiger partial charge on any atom is 0.296 e. The molecular weight excluding hydrogens is 540 g/mol. The number of halogens is 1. The van der Waals surface area contributed by atoms with Gasteiger partial charge in [0.25, 0.3) is 5.91 Å². The Morgan fingerprint density at radius 1 is 1.05 bits per heavy atom. The van der Waals surface area contributed by atoms with E-state index in [0.717, 1.165) is 10.0 Å². The molecule has 0 saturated heterocycles. The predicted octanol–water partition coefficient (Wildman–Crippen LogP) is 5.91. The number of aromatic hydroxyl groups is 1. The molecule has 1 aromatic heterocycles. The van der Waals surface area contributed by atoms with Crippen molar-refractivity contribution in [3.8, 4) is 17.4 Å². The molecule has 4 rings (SSSR count). The second kappa shape index (κ2) is 10.7. The lowest BCUT2D eigenvalue weighted by molar-refractivity contribution is -0.113. The summed E-state index contributed by atoms with van der Waals surface area (Å²) in [6, 6.07) is 15.2. The van der Waals surface area contributed by atoms with Crippen molar-refractivity contribution in [1.82, 2.24) is 4.98 Å². The number of nitrogens with two attached hydrogens (primary N) is 1. The van der Waals surface area contributed by atoms with Crippen molar-refractivity contribution in [3.05, 3.63) is 81.3 Å². The molecule has 2 amide bonds. The van der Waals surface area contributed by atoms with E-state index in [0.29, 0.717) is 28.0 Å². The first-order valence-corrected chi connectivity index (χ1v) is 11.8. The van der Waals surface area contributed by atoms with Crippen LogP contribution in [0.3, 0.4) is 0 Å². The number of rotatable bonds is 7. The van der Waals surface area contributed by atoms with Gasteiger partial charge in [-0.25, -0.2) is 0 Å². The molecule has 4 N–H and O–H groups in total. The van der Waals surface area contributed by atoms with Crippen molar-refractivity contribution >= 4 is 56.0 Å². The molecule has 0 aliphatic heterocycles. The number of amides is 2. The van der Waals surface area contributed by atoms with E-state index in [4.69, 9.17) is 15.2 Å². The van der Waals surface area contributed by atoms with E-state index in [1.165, 1.54) is 26.4 Å². The number of nitrogens with zero attached hydrogens (tertiary/aromatic N) is 2. The van der Waals surface area contributed by atoms with Crippen LogP contribution >= 0.6 is 15.9 Å². The smallest absolute Gasteiger partial charge is 0.296 e. The number of aromatic amines is 1. The molecule has 0 unspecified atom stereocenters. The summed E-state index contributed by atoms with van der Waals surface area (Å²) in [5.41, 5.74) is 8.18. The normalized spacial score (nSPS) is 11.7. The number of aromatic nitrogens is 1. The third-order valence-corrected chi connectivity index (χ3v) is 6.17. The van der Waals surface area contributed by atoms with Crippen LogP contribution in [-0.2, 0) is 4.79 Å². The van der Waals surface area contributed by atoms with Gasteiger partial charge in [-0.05, 0) is 55.0 Å². The average Bonchev–Trinajstić information content (AvgIpc) is 3.20. The number of carbonyl (C=O) groups is 2. The van der Waals surface area contributed by atoms with Crippen molar-refractivity contribution in [2.24, 2.45) is 16.0 Å². The Bertz CT molecular complexity index is 1590.